The number of hydrogen-bond acceptors (Lipinski definition) is 3. The Morgan fingerprint density at radius 1 is 1.50 bits per heavy atom. The van der Waals surface area contributed by atoms with Gasteiger partial charge in [0, 0.05) is 5.54 Å². The van der Waals surface area contributed by atoms with E-state index in [0.29, 0.717) is 5.92 Å². The summed E-state index contributed by atoms with van der Waals surface area (Å²) in [6.45, 7) is 10.8. The molecule has 2 rings (SSSR count). The number of hydrogen-bond donors (Lipinski definition) is 1. The van der Waals surface area contributed by atoms with E-state index in [9.17, 15) is 4.79 Å². The van der Waals surface area contributed by atoms with E-state index in [1.54, 1.807) is 0 Å². The van der Waals surface area contributed by atoms with E-state index in [1.165, 1.54) is 7.11 Å². The molecule has 0 amide bonds. The number of rotatable bonds is 3. The van der Waals surface area contributed by atoms with Crippen LogP contribution < -0.4 is 5.73 Å². The molecule has 0 aromatic rings. The van der Waals surface area contributed by atoms with Gasteiger partial charge in [-0.05, 0) is 36.5 Å². The molecule has 0 heterocycles. The Hall–Kier alpha value is -0.830. The van der Waals surface area contributed by atoms with Crippen LogP contribution in [0, 0.1) is 23.2 Å². The Morgan fingerprint density at radius 2 is 2.11 bits per heavy atom. The molecule has 102 valence electrons. The fraction of sp³-hybridized carbons (Fsp3) is 0.800. The average molecular weight is 251 g/mol. The number of carbonyl (C=O) groups excluding carboxylic acids is 1. The molecule has 0 saturated heterocycles. The lowest BCUT2D eigenvalue weighted by molar-refractivity contribution is -0.147. The number of allylic oxidation sites excluding steroid dienone is 1. The predicted octanol–water partition coefficient (Wildman–Crippen LogP) is 2.51. The van der Waals surface area contributed by atoms with Crippen molar-refractivity contribution in [2.45, 2.75) is 45.6 Å². The Kier molecular flexibility index (Phi) is 3.09. The van der Waals surface area contributed by atoms with Crippen molar-refractivity contribution in [3.8, 4) is 0 Å². The summed E-state index contributed by atoms with van der Waals surface area (Å²) >= 11 is 0. The van der Waals surface area contributed by atoms with Gasteiger partial charge in [-0.3, -0.25) is 4.79 Å². The van der Waals surface area contributed by atoms with Crippen LogP contribution in [0.4, 0.5) is 0 Å². The van der Waals surface area contributed by atoms with Crippen LogP contribution >= 0.6 is 0 Å². The largest absolute Gasteiger partial charge is 0.469 e. The standard InChI is InChI=1S/C15H25NO2/c1-9(7-14(2,3)4)11-6-10-8-15(10,16)12(11)13(17)18-5/h10-12H,1,6-8,16H2,2-5H3. The summed E-state index contributed by atoms with van der Waals surface area (Å²) in [7, 11) is 1.45. The molecule has 4 atom stereocenters. The molecule has 18 heavy (non-hydrogen) atoms. The van der Waals surface area contributed by atoms with E-state index in [4.69, 9.17) is 10.5 Å². The van der Waals surface area contributed by atoms with Gasteiger partial charge in [-0.1, -0.05) is 32.9 Å². The van der Waals surface area contributed by atoms with Crippen LogP contribution in [0.1, 0.15) is 40.0 Å². The normalized spacial score (nSPS) is 38.2. The summed E-state index contributed by atoms with van der Waals surface area (Å²) in [5.41, 5.74) is 7.38. The van der Waals surface area contributed by atoms with E-state index in [-0.39, 0.29) is 28.8 Å². The molecule has 0 aromatic carbocycles. The first-order chi connectivity index (χ1) is 8.19. The zero-order valence-electron chi connectivity index (χ0n) is 12.0. The molecule has 0 bridgehead atoms. The number of methoxy groups -OCH3 is 1. The fourth-order valence-corrected chi connectivity index (χ4v) is 3.59. The fourth-order valence-electron chi connectivity index (χ4n) is 3.59. The molecule has 0 spiro atoms. The molecular formula is C15H25NO2. The van der Waals surface area contributed by atoms with Gasteiger partial charge < -0.3 is 10.5 Å². The van der Waals surface area contributed by atoms with Crippen LogP contribution in [0.5, 0.6) is 0 Å². The van der Waals surface area contributed by atoms with Crippen LogP contribution in [-0.4, -0.2) is 18.6 Å². The highest BCUT2D eigenvalue weighted by Crippen LogP contribution is 2.62. The van der Waals surface area contributed by atoms with E-state index < -0.39 is 0 Å². The highest BCUT2D eigenvalue weighted by Gasteiger charge is 2.67. The van der Waals surface area contributed by atoms with Gasteiger partial charge in [0.15, 0.2) is 0 Å². The van der Waals surface area contributed by atoms with Crippen LogP contribution in [0.3, 0.4) is 0 Å². The summed E-state index contributed by atoms with van der Waals surface area (Å²) in [6.07, 6.45) is 2.91. The maximum absolute atomic E-state index is 12.0. The third kappa shape index (κ3) is 2.20. The van der Waals surface area contributed by atoms with E-state index in [0.717, 1.165) is 24.8 Å². The van der Waals surface area contributed by atoms with Crippen molar-refractivity contribution >= 4 is 5.97 Å². The highest BCUT2D eigenvalue weighted by atomic mass is 16.5. The first-order valence-electron chi connectivity index (χ1n) is 6.73. The van der Waals surface area contributed by atoms with Crippen molar-refractivity contribution < 1.29 is 9.53 Å². The lowest BCUT2D eigenvalue weighted by Gasteiger charge is -2.29. The quantitative estimate of drug-likeness (QED) is 0.619. The van der Waals surface area contributed by atoms with Gasteiger partial charge in [-0.15, -0.1) is 0 Å². The Balaban J connectivity index is 2.14. The summed E-state index contributed by atoms with van der Waals surface area (Å²) in [6, 6.07) is 0. The smallest absolute Gasteiger partial charge is 0.311 e. The van der Waals surface area contributed by atoms with Gasteiger partial charge in [-0.25, -0.2) is 0 Å². The molecule has 2 saturated carbocycles. The lowest BCUT2D eigenvalue weighted by Crippen LogP contribution is -2.40. The summed E-state index contributed by atoms with van der Waals surface area (Å²) in [5, 5.41) is 0. The third-order valence-electron chi connectivity index (χ3n) is 4.46. The molecule has 3 heteroatoms. The van der Waals surface area contributed by atoms with Crippen LogP contribution in [0.15, 0.2) is 12.2 Å². The second-order valence-electron chi connectivity index (χ2n) is 7.25. The number of nitrogens with two attached hydrogens (primary N) is 1. The SMILES string of the molecule is C=C(CC(C)(C)C)C1CC2CC2(N)C1C(=O)OC. The minimum Gasteiger partial charge on any atom is -0.469 e. The second-order valence-corrected chi connectivity index (χ2v) is 7.25. The van der Waals surface area contributed by atoms with Gasteiger partial charge >= 0.3 is 5.97 Å². The number of esters is 1. The maximum atomic E-state index is 12.0. The molecule has 3 nitrogen and oxygen atoms in total. The summed E-state index contributed by atoms with van der Waals surface area (Å²) < 4.78 is 4.95. The van der Waals surface area contributed by atoms with Crippen molar-refractivity contribution in [3.05, 3.63) is 12.2 Å². The second kappa shape index (κ2) is 4.09. The summed E-state index contributed by atoms with van der Waals surface area (Å²) in [5.74, 6) is 0.364. The van der Waals surface area contributed by atoms with Crippen molar-refractivity contribution in [1.29, 1.82) is 0 Å². The first kappa shape index (κ1) is 13.6. The van der Waals surface area contributed by atoms with Gasteiger partial charge in [0.05, 0.1) is 13.0 Å². The molecule has 2 N–H and O–H groups in total. The molecule has 2 fully saturated rings. The van der Waals surface area contributed by atoms with Crippen molar-refractivity contribution in [2.75, 3.05) is 7.11 Å². The molecule has 0 radical (unpaired) electrons. The topological polar surface area (TPSA) is 52.3 Å². The van der Waals surface area contributed by atoms with E-state index in [2.05, 4.69) is 27.4 Å². The first-order valence-corrected chi connectivity index (χ1v) is 6.73. The summed E-state index contributed by atoms with van der Waals surface area (Å²) in [4.78, 5) is 12.0. The van der Waals surface area contributed by atoms with Gasteiger partial charge in [0.25, 0.3) is 0 Å². The maximum Gasteiger partial charge on any atom is 0.311 e. The van der Waals surface area contributed by atoms with Crippen LogP contribution in [-0.2, 0) is 9.53 Å². The van der Waals surface area contributed by atoms with Gasteiger partial charge in [-0.2, -0.15) is 0 Å². The third-order valence-corrected chi connectivity index (χ3v) is 4.46. The molecule has 2 aliphatic carbocycles. The Bertz CT molecular complexity index is 382. The zero-order valence-corrected chi connectivity index (χ0v) is 12.0. The molecule has 4 unspecified atom stereocenters. The van der Waals surface area contributed by atoms with Crippen LogP contribution in [0.25, 0.3) is 0 Å². The molecular weight excluding hydrogens is 226 g/mol. The van der Waals surface area contributed by atoms with E-state index in [1.807, 2.05) is 0 Å². The Labute approximate surface area is 110 Å². The zero-order chi connectivity index (χ0) is 13.7. The minimum absolute atomic E-state index is 0.155. The highest BCUT2D eigenvalue weighted by molar-refractivity contribution is 5.77. The number of carbonyl (C=O) groups is 1. The van der Waals surface area contributed by atoms with E-state index >= 15 is 0 Å². The van der Waals surface area contributed by atoms with Crippen LogP contribution in [0.2, 0.25) is 0 Å². The van der Waals surface area contributed by atoms with Crippen molar-refractivity contribution in [3.63, 3.8) is 0 Å². The number of ether oxygens (including phenoxy) is 1. The molecule has 0 aliphatic heterocycles. The average Bonchev–Trinajstić information content (AvgIpc) is 2.77. The predicted molar refractivity (Wildman–Crippen MR) is 71.9 cm³/mol. The minimum atomic E-state index is -0.307. The molecule has 2 aliphatic rings. The van der Waals surface area contributed by atoms with Gasteiger partial charge in [0.1, 0.15) is 0 Å². The molecule has 0 aromatic heterocycles. The monoisotopic (exact) mass is 251 g/mol. The lowest BCUT2D eigenvalue weighted by atomic mass is 9.77. The number of fused-ring (bicyclic) bond motifs is 1. The van der Waals surface area contributed by atoms with Gasteiger partial charge in [0.2, 0.25) is 0 Å². The van der Waals surface area contributed by atoms with Crippen molar-refractivity contribution in [1.82, 2.24) is 0 Å². The van der Waals surface area contributed by atoms with Crippen molar-refractivity contribution in [2.24, 2.45) is 28.9 Å². The Morgan fingerprint density at radius 3 is 2.61 bits per heavy atom.